The first-order valence-electron chi connectivity index (χ1n) is 5.90. The van der Waals surface area contributed by atoms with E-state index in [0.29, 0.717) is 11.3 Å². The minimum atomic E-state index is -4.84. The molecule has 0 radical (unpaired) electrons. The van der Waals surface area contributed by atoms with Crippen LogP contribution < -0.4 is 0 Å². The molecule has 0 atom stereocenters. The van der Waals surface area contributed by atoms with Crippen LogP contribution >= 0.6 is 12.6 Å². The summed E-state index contributed by atoms with van der Waals surface area (Å²) in [4.78, 5) is 12.5. The van der Waals surface area contributed by atoms with Crippen molar-refractivity contribution >= 4 is 18.5 Å². The molecular formula is C14H12F3NOS. The molecule has 20 heavy (non-hydrogen) atoms. The zero-order valence-corrected chi connectivity index (χ0v) is 11.3. The first-order valence-corrected chi connectivity index (χ1v) is 6.34. The van der Waals surface area contributed by atoms with Crippen LogP contribution in [0.25, 0.3) is 0 Å². The molecule has 0 aliphatic carbocycles. The second kappa shape index (κ2) is 5.75. The molecule has 1 aromatic carbocycles. The van der Waals surface area contributed by atoms with Gasteiger partial charge in [-0.3, -0.25) is 4.79 Å². The van der Waals surface area contributed by atoms with E-state index < -0.39 is 12.1 Å². The number of carbonyl (C=O) groups excluding carboxylic acids is 1. The van der Waals surface area contributed by atoms with E-state index in [-0.39, 0.29) is 6.54 Å². The second-order valence-corrected chi connectivity index (χ2v) is 4.84. The summed E-state index contributed by atoms with van der Waals surface area (Å²) in [5.74, 6) is -1.85. The molecule has 1 aliphatic heterocycles. The summed E-state index contributed by atoms with van der Waals surface area (Å²) in [6.45, 7) is -0.0705. The van der Waals surface area contributed by atoms with Gasteiger partial charge in [-0.2, -0.15) is 13.2 Å². The van der Waals surface area contributed by atoms with Crippen molar-refractivity contribution in [3.63, 3.8) is 0 Å². The van der Waals surface area contributed by atoms with E-state index in [4.69, 9.17) is 0 Å². The summed E-state index contributed by atoms with van der Waals surface area (Å²) in [7, 11) is 0. The number of carbonyl (C=O) groups is 1. The predicted molar refractivity (Wildman–Crippen MR) is 72.4 cm³/mol. The zero-order chi connectivity index (χ0) is 14.8. The highest BCUT2D eigenvalue weighted by Crippen LogP contribution is 2.23. The predicted octanol–water partition coefficient (Wildman–Crippen LogP) is 3.36. The first-order chi connectivity index (χ1) is 9.38. The third-order valence-corrected chi connectivity index (χ3v) is 3.34. The normalized spacial score (nSPS) is 15.2. The van der Waals surface area contributed by atoms with E-state index in [1.54, 1.807) is 6.08 Å². The van der Waals surface area contributed by atoms with Crippen LogP contribution in [0, 0.1) is 0 Å². The van der Waals surface area contributed by atoms with Gasteiger partial charge in [0.05, 0.1) is 0 Å². The molecule has 0 saturated carbocycles. The van der Waals surface area contributed by atoms with Crippen molar-refractivity contribution in [2.75, 3.05) is 6.54 Å². The van der Waals surface area contributed by atoms with Gasteiger partial charge in [0.2, 0.25) is 0 Å². The Morgan fingerprint density at radius 2 is 2.00 bits per heavy atom. The number of hydrogen-bond donors (Lipinski definition) is 1. The van der Waals surface area contributed by atoms with Gasteiger partial charge in [0.15, 0.2) is 0 Å². The molecule has 0 bridgehead atoms. The van der Waals surface area contributed by atoms with Gasteiger partial charge in [-0.25, -0.2) is 0 Å². The molecule has 1 heterocycles. The monoisotopic (exact) mass is 299 g/mol. The van der Waals surface area contributed by atoms with Crippen molar-refractivity contribution in [2.45, 2.75) is 17.5 Å². The van der Waals surface area contributed by atoms with Gasteiger partial charge in [0.1, 0.15) is 0 Å². The molecule has 1 aliphatic rings. The molecule has 0 saturated heterocycles. The zero-order valence-electron chi connectivity index (χ0n) is 10.4. The average Bonchev–Trinajstić information content (AvgIpc) is 2.40. The highest BCUT2D eigenvalue weighted by Gasteiger charge is 2.41. The summed E-state index contributed by atoms with van der Waals surface area (Å²) in [5.41, 5.74) is 1.85. The summed E-state index contributed by atoms with van der Waals surface area (Å²) in [5, 5.41) is 0. The number of allylic oxidation sites excluding steroid dienone is 2. The minimum absolute atomic E-state index is 0.0705. The van der Waals surface area contributed by atoms with Gasteiger partial charge in [-0.05, 0) is 29.7 Å². The Balaban J connectivity index is 2.03. The largest absolute Gasteiger partial charge is 0.471 e. The quantitative estimate of drug-likeness (QED) is 0.830. The van der Waals surface area contributed by atoms with Gasteiger partial charge < -0.3 is 4.90 Å². The highest BCUT2D eigenvalue weighted by molar-refractivity contribution is 7.80. The summed E-state index contributed by atoms with van der Waals surface area (Å²) < 4.78 is 36.8. The number of rotatable bonds is 2. The molecule has 1 amide bonds. The first kappa shape index (κ1) is 14.7. The molecule has 2 rings (SSSR count). The lowest BCUT2D eigenvalue weighted by molar-refractivity contribution is -0.182. The van der Waals surface area contributed by atoms with E-state index in [0.717, 1.165) is 16.0 Å². The van der Waals surface area contributed by atoms with E-state index >= 15 is 0 Å². The molecular weight excluding hydrogens is 287 g/mol. The molecule has 0 spiro atoms. The molecule has 6 heteroatoms. The maximum absolute atomic E-state index is 12.3. The molecule has 0 N–H and O–H groups in total. The van der Waals surface area contributed by atoms with Crippen molar-refractivity contribution in [1.82, 2.24) is 4.90 Å². The Hall–Kier alpha value is -1.69. The van der Waals surface area contributed by atoms with Gasteiger partial charge in [0, 0.05) is 17.6 Å². The van der Waals surface area contributed by atoms with Crippen molar-refractivity contribution < 1.29 is 18.0 Å². The Morgan fingerprint density at radius 1 is 1.30 bits per heavy atom. The van der Waals surface area contributed by atoms with Crippen LogP contribution in [0.1, 0.15) is 5.56 Å². The lowest BCUT2D eigenvalue weighted by Crippen LogP contribution is -2.38. The average molecular weight is 299 g/mol. The van der Waals surface area contributed by atoms with Crippen LogP contribution in [0.3, 0.4) is 0 Å². The highest BCUT2D eigenvalue weighted by atomic mass is 32.1. The van der Waals surface area contributed by atoms with Crippen LogP contribution in [0.5, 0.6) is 0 Å². The minimum Gasteiger partial charge on any atom is -0.307 e. The van der Waals surface area contributed by atoms with Gasteiger partial charge in [0.25, 0.3) is 0 Å². The van der Waals surface area contributed by atoms with Crippen molar-refractivity contribution in [3.8, 4) is 0 Å². The third-order valence-electron chi connectivity index (χ3n) is 2.91. The molecule has 0 unspecified atom stereocenters. The Morgan fingerprint density at radius 3 is 2.55 bits per heavy atom. The number of benzene rings is 1. The van der Waals surface area contributed by atoms with E-state index in [1.165, 1.54) is 12.3 Å². The second-order valence-electron chi connectivity index (χ2n) is 4.36. The Kier molecular flexibility index (Phi) is 4.23. The van der Waals surface area contributed by atoms with Crippen molar-refractivity contribution in [2.24, 2.45) is 0 Å². The lowest BCUT2D eigenvalue weighted by atomic mass is 10.0. The van der Waals surface area contributed by atoms with Crippen molar-refractivity contribution in [1.29, 1.82) is 0 Å². The van der Waals surface area contributed by atoms with Crippen LogP contribution in [-0.4, -0.2) is 23.5 Å². The number of alkyl halides is 3. The van der Waals surface area contributed by atoms with Crippen molar-refractivity contribution in [3.05, 3.63) is 53.8 Å². The smallest absolute Gasteiger partial charge is 0.307 e. The van der Waals surface area contributed by atoms with Gasteiger partial charge in [-0.1, -0.05) is 24.3 Å². The van der Waals surface area contributed by atoms with Crippen LogP contribution in [-0.2, 0) is 11.2 Å². The third kappa shape index (κ3) is 3.45. The van der Waals surface area contributed by atoms with Crippen LogP contribution in [0.15, 0.2) is 53.1 Å². The Bertz CT molecular complexity index is 578. The summed E-state index contributed by atoms with van der Waals surface area (Å²) >= 11 is 4.32. The number of hydrogen-bond acceptors (Lipinski definition) is 2. The lowest BCUT2D eigenvalue weighted by Gasteiger charge is -2.22. The fraction of sp³-hybridized carbons (Fsp3) is 0.214. The van der Waals surface area contributed by atoms with Gasteiger partial charge >= 0.3 is 12.1 Å². The number of nitrogens with zero attached hydrogens (tertiary/aromatic N) is 1. The maximum atomic E-state index is 12.3. The van der Waals surface area contributed by atoms with Crippen LogP contribution in [0.2, 0.25) is 0 Å². The molecule has 0 aromatic heterocycles. The summed E-state index contributed by atoms with van der Waals surface area (Å²) in [6.07, 6.45) is 0.0428. The summed E-state index contributed by atoms with van der Waals surface area (Å²) in [6, 6.07) is 7.50. The molecule has 1 aromatic rings. The molecule has 2 nitrogen and oxygen atoms in total. The fourth-order valence-electron chi connectivity index (χ4n) is 1.85. The van der Waals surface area contributed by atoms with E-state index in [1.807, 2.05) is 24.3 Å². The number of thiol groups is 1. The fourth-order valence-corrected chi connectivity index (χ4v) is 2.09. The van der Waals surface area contributed by atoms with Crippen LogP contribution in [0.4, 0.5) is 13.2 Å². The maximum Gasteiger partial charge on any atom is 0.471 e. The van der Waals surface area contributed by atoms with E-state index in [9.17, 15) is 18.0 Å². The van der Waals surface area contributed by atoms with Gasteiger partial charge in [-0.15, -0.1) is 12.6 Å². The topological polar surface area (TPSA) is 20.3 Å². The molecule has 0 fully saturated rings. The number of amides is 1. The number of halogens is 3. The van der Waals surface area contributed by atoms with E-state index in [2.05, 4.69) is 12.6 Å². The Labute approximate surface area is 120 Å². The molecule has 106 valence electrons. The SMILES string of the molecule is O=C(N1C=CC(Cc2ccccc2S)=CC1)C(F)(F)F. The standard InChI is InChI=1S/C14H12F3NOS/c15-14(16,17)13(19)18-7-5-10(6-8-18)9-11-3-1-2-4-12(11)20/h1-7,20H,8-9H2.